The predicted molar refractivity (Wildman–Crippen MR) is 49.8 cm³/mol. The number of Topliss-reactive ketones (excluding diaryl/α,β-unsaturated/α-hetero) is 1. The zero-order chi connectivity index (χ0) is 9.26. The van der Waals surface area contributed by atoms with Gasteiger partial charge in [-0.15, -0.1) is 0 Å². The first-order valence-corrected chi connectivity index (χ1v) is 4.33. The van der Waals surface area contributed by atoms with Crippen LogP contribution in [0.3, 0.4) is 0 Å². The summed E-state index contributed by atoms with van der Waals surface area (Å²) in [7, 11) is 0. The van der Waals surface area contributed by atoms with Crippen molar-refractivity contribution in [2.45, 2.75) is 13.0 Å². The molecule has 1 aliphatic heterocycles. The molecule has 3 heteroatoms. The molecule has 13 heavy (non-hydrogen) atoms. The van der Waals surface area contributed by atoms with Gasteiger partial charge in [0.15, 0.2) is 5.78 Å². The van der Waals surface area contributed by atoms with Crippen LogP contribution in [0.15, 0.2) is 18.2 Å². The normalized spacial score (nSPS) is 15.0. The maximum atomic E-state index is 11.5. The maximum absolute atomic E-state index is 11.5. The third-order valence-electron chi connectivity index (χ3n) is 2.27. The molecule has 0 saturated heterocycles. The minimum Gasteiger partial charge on any atom is -0.392 e. The summed E-state index contributed by atoms with van der Waals surface area (Å²) < 4.78 is 0. The summed E-state index contributed by atoms with van der Waals surface area (Å²) in [6, 6.07) is 5.49. The first-order valence-electron chi connectivity index (χ1n) is 4.33. The standard InChI is InChI=1S/C10H11NO2/c12-6-7-2-1-3-8-10(7)9(13)4-5-11-8/h1-3,11-12H,4-6H2. The number of aliphatic hydroxyl groups is 1. The third kappa shape index (κ3) is 1.31. The Morgan fingerprint density at radius 1 is 1.46 bits per heavy atom. The van der Waals surface area contributed by atoms with E-state index in [9.17, 15) is 4.79 Å². The number of benzene rings is 1. The molecule has 3 nitrogen and oxygen atoms in total. The number of hydrogen-bond acceptors (Lipinski definition) is 3. The Morgan fingerprint density at radius 2 is 2.31 bits per heavy atom. The molecular weight excluding hydrogens is 166 g/mol. The zero-order valence-corrected chi connectivity index (χ0v) is 7.21. The van der Waals surface area contributed by atoms with Crippen LogP contribution in [0.4, 0.5) is 5.69 Å². The number of anilines is 1. The van der Waals surface area contributed by atoms with Gasteiger partial charge >= 0.3 is 0 Å². The van der Waals surface area contributed by atoms with E-state index in [4.69, 9.17) is 5.11 Å². The highest BCUT2D eigenvalue weighted by Crippen LogP contribution is 2.24. The number of carbonyl (C=O) groups is 1. The maximum Gasteiger partial charge on any atom is 0.167 e. The molecule has 0 unspecified atom stereocenters. The molecular formula is C10H11NO2. The van der Waals surface area contributed by atoms with Crippen molar-refractivity contribution in [1.29, 1.82) is 0 Å². The van der Waals surface area contributed by atoms with Gasteiger partial charge in [-0.1, -0.05) is 12.1 Å². The van der Waals surface area contributed by atoms with Crippen molar-refractivity contribution < 1.29 is 9.90 Å². The Bertz CT molecular complexity index is 333. The van der Waals surface area contributed by atoms with Gasteiger partial charge in [-0.25, -0.2) is 0 Å². The summed E-state index contributed by atoms with van der Waals surface area (Å²) in [4.78, 5) is 11.5. The molecule has 1 aliphatic rings. The van der Waals surface area contributed by atoms with Gasteiger partial charge in [-0.3, -0.25) is 4.79 Å². The quantitative estimate of drug-likeness (QED) is 0.677. The van der Waals surface area contributed by atoms with E-state index in [1.165, 1.54) is 0 Å². The molecule has 0 fully saturated rings. The van der Waals surface area contributed by atoms with Gasteiger partial charge in [-0.2, -0.15) is 0 Å². The highest BCUT2D eigenvalue weighted by atomic mass is 16.3. The number of rotatable bonds is 1. The first-order chi connectivity index (χ1) is 6.33. The number of fused-ring (bicyclic) bond motifs is 1. The van der Waals surface area contributed by atoms with Crippen LogP contribution in [0, 0.1) is 0 Å². The lowest BCUT2D eigenvalue weighted by Gasteiger charge is -2.18. The molecule has 0 bridgehead atoms. The summed E-state index contributed by atoms with van der Waals surface area (Å²) in [5, 5.41) is 12.2. The minimum absolute atomic E-state index is 0.0728. The zero-order valence-electron chi connectivity index (χ0n) is 7.21. The summed E-state index contributed by atoms with van der Waals surface area (Å²) in [5.74, 6) is 0.124. The van der Waals surface area contributed by atoms with E-state index in [1.54, 1.807) is 6.07 Å². The van der Waals surface area contributed by atoms with Crippen molar-refractivity contribution in [3.63, 3.8) is 0 Å². The molecule has 2 N–H and O–H groups in total. The van der Waals surface area contributed by atoms with Gasteiger partial charge < -0.3 is 10.4 Å². The van der Waals surface area contributed by atoms with Gasteiger partial charge in [0, 0.05) is 24.2 Å². The minimum atomic E-state index is -0.0728. The van der Waals surface area contributed by atoms with Crippen molar-refractivity contribution in [1.82, 2.24) is 0 Å². The largest absolute Gasteiger partial charge is 0.392 e. The van der Waals surface area contributed by atoms with Crippen LogP contribution in [0.2, 0.25) is 0 Å². The van der Waals surface area contributed by atoms with Crippen LogP contribution in [-0.4, -0.2) is 17.4 Å². The fraction of sp³-hybridized carbons (Fsp3) is 0.300. The Labute approximate surface area is 76.4 Å². The van der Waals surface area contributed by atoms with Gasteiger partial charge in [0.1, 0.15) is 0 Å². The van der Waals surface area contributed by atoms with Gasteiger partial charge in [0.25, 0.3) is 0 Å². The van der Waals surface area contributed by atoms with Crippen molar-refractivity contribution in [2.24, 2.45) is 0 Å². The van der Waals surface area contributed by atoms with Crippen LogP contribution in [-0.2, 0) is 6.61 Å². The highest BCUT2D eigenvalue weighted by molar-refractivity contribution is 6.04. The molecule has 1 aromatic carbocycles. The smallest absolute Gasteiger partial charge is 0.167 e. The van der Waals surface area contributed by atoms with E-state index < -0.39 is 0 Å². The Kier molecular flexibility index (Phi) is 2.02. The van der Waals surface area contributed by atoms with Gasteiger partial charge in [-0.05, 0) is 11.6 Å². The molecule has 0 aromatic heterocycles. The van der Waals surface area contributed by atoms with Crippen LogP contribution in [0.25, 0.3) is 0 Å². The lowest BCUT2D eigenvalue weighted by Crippen LogP contribution is -2.19. The lowest BCUT2D eigenvalue weighted by molar-refractivity contribution is 0.0980. The molecule has 1 aromatic rings. The van der Waals surface area contributed by atoms with Crippen LogP contribution >= 0.6 is 0 Å². The third-order valence-corrected chi connectivity index (χ3v) is 2.27. The molecule has 0 aliphatic carbocycles. The lowest BCUT2D eigenvalue weighted by atomic mass is 9.97. The van der Waals surface area contributed by atoms with Crippen molar-refractivity contribution in [2.75, 3.05) is 11.9 Å². The fourth-order valence-corrected chi connectivity index (χ4v) is 1.64. The second kappa shape index (κ2) is 3.18. The Morgan fingerprint density at radius 3 is 3.08 bits per heavy atom. The summed E-state index contributed by atoms with van der Waals surface area (Å²) >= 11 is 0. The van der Waals surface area contributed by atoms with E-state index in [0.29, 0.717) is 18.5 Å². The number of ketones is 1. The first kappa shape index (κ1) is 8.26. The fourth-order valence-electron chi connectivity index (χ4n) is 1.64. The molecule has 1 heterocycles. The molecule has 68 valence electrons. The second-order valence-electron chi connectivity index (χ2n) is 3.10. The number of hydrogen-bond donors (Lipinski definition) is 2. The van der Waals surface area contributed by atoms with E-state index in [1.807, 2.05) is 12.1 Å². The van der Waals surface area contributed by atoms with Crippen molar-refractivity contribution in [3.05, 3.63) is 29.3 Å². The molecule has 0 saturated carbocycles. The molecule has 0 amide bonds. The number of carbonyl (C=O) groups excluding carboxylic acids is 1. The topological polar surface area (TPSA) is 49.3 Å². The Hall–Kier alpha value is -1.35. The molecule has 0 spiro atoms. The summed E-state index contributed by atoms with van der Waals surface area (Å²) in [6.45, 7) is 0.622. The van der Waals surface area contributed by atoms with Crippen LogP contribution in [0.1, 0.15) is 22.3 Å². The number of nitrogens with one attached hydrogen (secondary N) is 1. The van der Waals surface area contributed by atoms with E-state index in [0.717, 1.165) is 11.3 Å². The van der Waals surface area contributed by atoms with Crippen LogP contribution < -0.4 is 5.32 Å². The van der Waals surface area contributed by atoms with Crippen molar-refractivity contribution in [3.8, 4) is 0 Å². The average molecular weight is 177 g/mol. The average Bonchev–Trinajstić information content (AvgIpc) is 2.17. The predicted octanol–water partition coefficient (Wildman–Crippen LogP) is 1.18. The van der Waals surface area contributed by atoms with E-state index in [2.05, 4.69) is 5.32 Å². The summed E-state index contributed by atoms with van der Waals surface area (Å²) in [6.07, 6.45) is 0.518. The van der Waals surface area contributed by atoms with Crippen LogP contribution in [0.5, 0.6) is 0 Å². The highest BCUT2D eigenvalue weighted by Gasteiger charge is 2.19. The monoisotopic (exact) mass is 177 g/mol. The molecule has 0 atom stereocenters. The second-order valence-corrected chi connectivity index (χ2v) is 3.10. The molecule has 2 rings (SSSR count). The summed E-state index contributed by atoms with van der Waals surface area (Å²) in [5.41, 5.74) is 2.23. The SMILES string of the molecule is O=C1CCNc2cccc(CO)c21. The van der Waals surface area contributed by atoms with E-state index >= 15 is 0 Å². The van der Waals surface area contributed by atoms with Gasteiger partial charge in [0.2, 0.25) is 0 Å². The molecule has 0 radical (unpaired) electrons. The Balaban J connectivity index is 2.56. The van der Waals surface area contributed by atoms with E-state index in [-0.39, 0.29) is 12.4 Å². The number of aliphatic hydroxyl groups excluding tert-OH is 1. The van der Waals surface area contributed by atoms with Gasteiger partial charge in [0.05, 0.1) is 6.61 Å². The van der Waals surface area contributed by atoms with Crippen molar-refractivity contribution >= 4 is 11.5 Å².